The monoisotopic (exact) mass is 1040 g/mol. The quantitative estimate of drug-likeness (QED) is 0.0200. The molecule has 8 atom stereocenters. The van der Waals surface area contributed by atoms with Crippen molar-refractivity contribution in [3.63, 3.8) is 0 Å². The molecule has 0 saturated carbocycles. The highest BCUT2D eigenvalue weighted by atomic mass is 32.1. The van der Waals surface area contributed by atoms with Gasteiger partial charge in [-0.15, -0.1) is 0 Å². The first-order chi connectivity index (χ1) is 33.7. The van der Waals surface area contributed by atoms with Crippen LogP contribution in [-0.4, -0.2) is 178 Å². The number of thiol groups is 1. The lowest BCUT2D eigenvalue weighted by Gasteiger charge is -2.28. The number of unbranched alkanes of at least 4 members (excludes halogenated alkanes) is 1. The Morgan fingerprint density at radius 2 is 1.55 bits per heavy atom. The SMILES string of the molecule is CC(C)C[C@H](NC(=O)C1C[C@@H](OCCCCc2ccccc2)CN1C(=O)CCOCCOCCNC(=O)[C@@H](N)CS)C(=O)N[C@@H](Cc1cnc[nH]1)C(=O)N[C@@H](CO)C(=O)N[C@H](C(N)=O)[C@@H](C)OP(=O)(O)O. The molecule has 25 nitrogen and oxygen atoms in total. The summed E-state index contributed by atoms with van der Waals surface area (Å²) < 4.78 is 33.2. The largest absolute Gasteiger partial charge is 0.469 e. The molecule has 3 rings (SSSR count). The molecule has 7 amide bonds. The van der Waals surface area contributed by atoms with Gasteiger partial charge < -0.3 is 77.0 Å². The summed E-state index contributed by atoms with van der Waals surface area (Å²) in [6.07, 6.45) is 2.95. The number of H-pyrrole nitrogens is 1. The van der Waals surface area contributed by atoms with E-state index in [1.807, 2.05) is 44.2 Å². The van der Waals surface area contributed by atoms with E-state index in [-0.39, 0.29) is 88.7 Å². The van der Waals surface area contributed by atoms with Crippen LogP contribution in [0.5, 0.6) is 0 Å². The van der Waals surface area contributed by atoms with Crippen molar-refractivity contribution in [1.29, 1.82) is 0 Å². The van der Waals surface area contributed by atoms with Gasteiger partial charge in [0.15, 0.2) is 0 Å². The second kappa shape index (κ2) is 31.4. The molecule has 1 fully saturated rings. The summed E-state index contributed by atoms with van der Waals surface area (Å²) in [5.74, 6) is -5.55. The number of nitrogens with zero attached hydrogens (tertiary/aromatic N) is 2. The average molecular weight is 1040 g/mol. The number of hydrogen-bond acceptors (Lipinski definition) is 16. The first-order valence-corrected chi connectivity index (χ1v) is 25.5. The van der Waals surface area contributed by atoms with Crippen LogP contribution in [0.3, 0.4) is 0 Å². The van der Waals surface area contributed by atoms with Crippen LogP contribution in [0.2, 0.25) is 0 Å². The number of benzene rings is 1. The minimum atomic E-state index is -5.14. The fraction of sp³-hybridized carbons (Fsp3) is 0.636. The van der Waals surface area contributed by atoms with Gasteiger partial charge in [-0.3, -0.25) is 38.1 Å². The summed E-state index contributed by atoms with van der Waals surface area (Å²) in [5.41, 5.74) is 12.5. The van der Waals surface area contributed by atoms with E-state index in [0.717, 1.165) is 26.2 Å². The van der Waals surface area contributed by atoms with Gasteiger partial charge in [-0.1, -0.05) is 44.2 Å². The maximum absolute atomic E-state index is 14.3. The van der Waals surface area contributed by atoms with Crippen molar-refractivity contribution in [2.75, 3.05) is 58.5 Å². The first-order valence-electron chi connectivity index (χ1n) is 23.3. The maximum Gasteiger partial charge on any atom is 0.469 e. The zero-order chi connectivity index (χ0) is 52.5. The van der Waals surface area contributed by atoms with Crippen LogP contribution < -0.4 is 38.1 Å². The maximum atomic E-state index is 14.3. The van der Waals surface area contributed by atoms with Gasteiger partial charge in [-0.25, -0.2) is 9.55 Å². The number of primary amides is 1. The number of amides is 7. The number of aromatic nitrogens is 2. The highest BCUT2D eigenvalue weighted by Crippen LogP contribution is 2.38. The van der Waals surface area contributed by atoms with E-state index in [9.17, 15) is 53.0 Å². The van der Waals surface area contributed by atoms with Crippen molar-refractivity contribution in [1.82, 2.24) is 41.5 Å². The van der Waals surface area contributed by atoms with E-state index in [1.54, 1.807) is 0 Å². The second-order valence-electron chi connectivity index (χ2n) is 17.3. The number of carbonyl (C=O) groups is 7. The molecule has 2 aromatic rings. The predicted octanol–water partition coefficient (Wildman–Crippen LogP) is -2.28. The molecule has 0 radical (unpaired) electrons. The number of phosphoric ester groups is 1. The molecule has 1 aliphatic heterocycles. The molecule has 1 unspecified atom stereocenters. The molecule has 1 aromatic carbocycles. The van der Waals surface area contributed by atoms with Crippen molar-refractivity contribution in [2.24, 2.45) is 17.4 Å². The summed E-state index contributed by atoms with van der Waals surface area (Å²) in [7, 11) is -5.14. The number of aliphatic hydroxyl groups is 1. The molecule has 0 bridgehead atoms. The topological polar surface area (TPSA) is 378 Å². The Bertz CT molecular complexity index is 2040. The number of carbonyl (C=O) groups excluding carboxylic acids is 7. The number of aliphatic hydroxyl groups excluding tert-OH is 1. The Hall–Kier alpha value is -5.02. The normalized spacial score (nSPS) is 17.3. The lowest BCUT2D eigenvalue weighted by atomic mass is 10.0. The molecular weight excluding hydrogens is 972 g/mol. The van der Waals surface area contributed by atoms with Crippen LogP contribution in [0.1, 0.15) is 64.1 Å². The number of ether oxygens (including phenoxy) is 3. The van der Waals surface area contributed by atoms with Gasteiger partial charge in [-0.2, -0.15) is 12.6 Å². The number of nitrogens with two attached hydrogens (primary N) is 2. The fourth-order valence-electron chi connectivity index (χ4n) is 7.34. The number of aromatic amines is 1. The molecule has 2 heterocycles. The third-order valence-corrected chi connectivity index (χ3v) is 12.0. The molecule has 1 aliphatic rings. The molecular formula is C44H71N10O15PS. The Kier molecular flexibility index (Phi) is 26.7. The van der Waals surface area contributed by atoms with Gasteiger partial charge in [0.25, 0.3) is 0 Å². The minimum Gasteiger partial charge on any atom is -0.394 e. The van der Waals surface area contributed by atoms with Gasteiger partial charge in [-0.05, 0) is 44.1 Å². The number of rotatable bonds is 34. The Morgan fingerprint density at radius 1 is 0.887 bits per heavy atom. The first kappa shape index (κ1) is 60.3. The van der Waals surface area contributed by atoms with Crippen molar-refractivity contribution in [2.45, 2.75) is 114 Å². The Balaban J connectivity index is 1.72. The van der Waals surface area contributed by atoms with Crippen LogP contribution in [-0.2, 0) is 69.7 Å². The third kappa shape index (κ3) is 22.5. The highest BCUT2D eigenvalue weighted by molar-refractivity contribution is 7.80. The lowest BCUT2D eigenvalue weighted by Crippen LogP contribution is -2.61. The van der Waals surface area contributed by atoms with Crippen molar-refractivity contribution in [3.8, 4) is 0 Å². The summed E-state index contributed by atoms with van der Waals surface area (Å²) in [6, 6.07) is 1.96. The minimum absolute atomic E-state index is 0.0123. The Morgan fingerprint density at radius 3 is 2.17 bits per heavy atom. The van der Waals surface area contributed by atoms with Gasteiger partial charge >= 0.3 is 7.82 Å². The Labute approximate surface area is 418 Å². The number of nitrogens with one attached hydrogen (secondary N) is 6. The van der Waals surface area contributed by atoms with Crippen LogP contribution in [0.4, 0.5) is 0 Å². The van der Waals surface area contributed by atoms with E-state index < -0.39 is 92.4 Å². The average Bonchev–Trinajstić information content (AvgIpc) is 4.01. The summed E-state index contributed by atoms with van der Waals surface area (Å²) in [6.45, 7) is 4.95. The number of aryl methyl sites for hydroxylation is 1. The molecule has 1 saturated heterocycles. The number of phosphoric acid groups is 1. The zero-order valence-corrected chi connectivity index (χ0v) is 42.0. The molecule has 398 valence electrons. The third-order valence-electron chi connectivity index (χ3n) is 11.0. The van der Waals surface area contributed by atoms with E-state index in [0.29, 0.717) is 12.3 Å². The summed E-state index contributed by atoms with van der Waals surface area (Å²) in [5, 5.41) is 22.6. The van der Waals surface area contributed by atoms with Crippen molar-refractivity contribution < 1.29 is 71.8 Å². The molecule has 27 heteroatoms. The molecule has 0 spiro atoms. The lowest BCUT2D eigenvalue weighted by molar-refractivity contribution is -0.140. The van der Waals surface area contributed by atoms with E-state index in [4.69, 9.17) is 25.7 Å². The number of likely N-dealkylation sites (tertiary alicyclic amines) is 1. The smallest absolute Gasteiger partial charge is 0.394 e. The van der Waals surface area contributed by atoms with Crippen molar-refractivity contribution in [3.05, 3.63) is 54.1 Å². The van der Waals surface area contributed by atoms with Gasteiger partial charge in [0.1, 0.15) is 30.2 Å². The molecule has 1 aromatic heterocycles. The number of imidazole rings is 1. The van der Waals surface area contributed by atoms with Gasteiger partial charge in [0.2, 0.25) is 41.4 Å². The molecule has 13 N–H and O–H groups in total. The second-order valence-corrected chi connectivity index (χ2v) is 18.8. The van der Waals surface area contributed by atoms with Crippen molar-refractivity contribution >= 4 is 61.8 Å². The van der Waals surface area contributed by atoms with Crippen LogP contribution in [0.15, 0.2) is 42.9 Å². The van der Waals surface area contributed by atoms with Crippen LogP contribution >= 0.6 is 20.5 Å². The van der Waals surface area contributed by atoms with Gasteiger partial charge in [0, 0.05) is 50.2 Å². The highest BCUT2D eigenvalue weighted by Gasteiger charge is 2.42. The molecule has 0 aliphatic carbocycles. The van der Waals surface area contributed by atoms with E-state index in [2.05, 4.69) is 53.7 Å². The standard InChI is InChI=1S/C44H71N10O15PS/c1-27(2)19-33(41(59)50-34(20-30-22-47-26-49-30)42(60)52-35(24-55)43(61)53-38(39(46)57)28(3)69-70(63,64)65)51-44(62)36-21-31(68-14-8-7-11-29-9-5-4-6-10-29)23-54(36)37(56)12-15-66-17-18-67-16-13-48-40(58)32(45)25-71/h4-6,9-10,22,26-28,31-36,38,55,71H,7-8,11-21,23-25,45H2,1-3H3,(H2,46,57)(H,47,49)(H,48,58)(H,50,59)(H,51,62)(H,52,60)(H,53,61)(H2,63,64,65)/t28-,31-,32+,33+,34+,35+,36?,38+/m1/s1. The van der Waals surface area contributed by atoms with Crippen LogP contribution in [0, 0.1) is 5.92 Å². The fourth-order valence-corrected chi connectivity index (χ4v) is 8.06. The summed E-state index contributed by atoms with van der Waals surface area (Å²) in [4.78, 5) is 120. The summed E-state index contributed by atoms with van der Waals surface area (Å²) >= 11 is 4.00. The molecule has 71 heavy (non-hydrogen) atoms. The zero-order valence-electron chi connectivity index (χ0n) is 40.2. The van der Waals surface area contributed by atoms with E-state index >= 15 is 0 Å². The van der Waals surface area contributed by atoms with Crippen LogP contribution in [0.25, 0.3) is 0 Å². The van der Waals surface area contributed by atoms with E-state index in [1.165, 1.54) is 23.0 Å². The van der Waals surface area contributed by atoms with Gasteiger partial charge in [0.05, 0.1) is 64.0 Å². The number of hydrogen-bond donors (Lipinski definition) is 12. The predicted molar refractivity (Wildman–Crippen MR) is 259 cm³/mol.